The first-order chi connectivity index (χ1) is 21.9. The van der Waals surface area contributed by atoms with Gasteiger partial charge in [0.25, 0.3) is 0 Å². The number of benzene rings is 2. The molecule has 0 unspecified atom stereocenters. The lowest BCUT2D eigenvalue weighted by molar-refractivity contribution is -0.137. The monoisotopic (exact) mass is 634 g/mol. The summed E-state index contributed by atoms with van der Waals surface area (Å²) >= 11 is 0. The fraction of sp³-hybridized carbons (Fsp3) is 0.344. The molecule has 0 spiro atoms. The zero-order valence-corrected chi connectivity index (χ0v) is 25.6. The molecule has 0 atom stereocenters. The molecule has 0 aliphatic carbocycles. The third-order valence-electron chi connectivity index (χ3n) is 7.99. The van der Waals surface area contributed by atoms with E-state index in [2.05, 4.69) is 10.4 Å². The molecule has 2 amide bonds. The van der Waals surface area contributed by atoms with E-state index in [9.17, 15) is 32.8 Å². The van der Waals surface area contributed by atoms with E-state index in [0.29, 0.717) is 55.8 Å². The number of hydrogen-bond acceptors (Lipinski definition) is 6. The second kappa shape index (κ2) is 13.1. The summed E-state index contributed by atoms with van der Waals surface area (Å²) in [4.78, 5) is 44.2. The molecule has 2 aromatic heterocycles. The highest BCUT2D eigenvalue weighted by atomic mass is 19.4. The number of nitrogens with one attached hydrogen (secondary N) is 1. The normalized spacial score (nSPS) is 14.0. The number of likely N-dealkylation sites (tertiary alicyclic amines) is 1. The molecule has 1 saturated heterocycles. The molecule has 0 bridgehead atoms. The van der Waals surface area contributed by atoms with Gasteiger partial charge in [0, 0.05) is 32.1 Å². The number of nitriles is 1. The zero-order valence-electron chi connectivity index (χ0n) is 25.6. The Bertz CT molecular complexity index is 1840. The van der Waals surface area contributed by atoms with Crippen LogP contribution in [0.25, 0.3) is 22.8 Å². The van der Waals surface area contributed by atoms with Crippen molar-refractivity contribution in [1.29, 1.82) is 5.26 Å². The number of nitrogens with zero attached hydrogens (tertiary/aromatic N) is 7. The lowest BCUT2D eigenvalue weighted by Gasteiger charge is -2.32. The lowest BCUT2D eigenvalue weighted by Crippen LogP contribution is -2.49. The Labute approximate surface area is 263 Å². The van der Waals surface area contributed by atoms with Crippen LogP contribution in [0.5, 0.6) is 0 Å². The van der Waals surface area contributed by atoms with Gasteiger partial charge in [-0.2, -0.15) is 23.5 Å². The lowest BCUT2D eigenvalue weighted by atomic mass is 10.0. The molecule has 0 saturated carbocycles. The molecule has 2 aromatic carbocycles. The Morgan fingerprint density at radius 1 is 1.07 bits per heavy atom. The first-order valence-electron chi connectivity index (χ1n) is 14.7. The van der Waals surface area contributed by atoms with Gasteiger partial charge >= 0.3 is 17.9 Å². The standard InChI is InChI=1S/C32H33F3N8O3/c1-21-29(27-11-15-37-43(27)25-9-7-22(20-36)8-10-25)42(31(46)41(21)26-6-4-5-23(19-26)32(33,34)35)30(45)38-24-12-17-40(18-13-24)28(44)14-16-39(2)3/h4-11,15,19,24H,12-14,16-18H2,1-3H3,(H,38,45). The van der Waals surface area contributed by atoms with Crippen molar-refractivity contribution in [3.8, 4) is 28.8 Å². The van der Waals surface area contributed by atoms with Crippen molar-refractivity contribution in [1.82, 2.24) is 34.0 Å². The number of hydrogen-bond donors (Lipinski definition) is 1. The molecule has 14 heteroatoms. The quantitative estimate of drug-likeness (QED) is 0.326. The maximum absolute atomic E-state index is 14.0. The summed E-state index contributed by atoms with van der Waals surface area (Å²) in [6.07, 6.45) is -1.84. The Morgan fingerprint density at radius 3 is 2.39 bits per heavy atom. The fourth-order valence-corrected chi connectivity index (χ4v) is 5.58. The van der Waals surface area contributed by atoms with Crippen LogP contribution in [0, 0.1) is 18.3 Å². The van der Waals surface area contributed by atoms with E-state index < -0.39 is 23.5 Å². The number of halogens is 3. The van der Waals surface area contributed by atoms with Crippen LogP contribution < -0.4 is 11.0 Å². The molecule has 4 aromatic rings. The fourth-order valence-electron chi connectivity index (χ4n) is 5.58. The van der Waals surface area contributed by atoms with Crippen LogP contribution in [0.1, 0.15) is 36.1 Å². The maximum Gasteiger partial charge on any atom is 0.416 e. The molecular weight excluding hydrogens is 601 g/mol. The van der Waals surface area contributed by atoms with Gasteiger partial charge in [0.1, 0.15) is 5.69 Å². The van der Waals surface area contributed by atoms with Crippen LogP contribution in [-0.2, 0) is 11.0 Å². The second-order valence-corrected chi connectivity index (χ2v) is 11.4. The van der Waals surface area contributed by atoms with E-state index in [0.717, 1.165) is 21.3 Å². The van der Waals surface area contributed by atoms with E-state index in [1.54, 1.807) is 42.2 Å². The average Bonchev–Trinajstić information content (AvgIpc) is 3.61. The van der Waals surface area contributed by atoms with Crippen LogP contribution in [0.3, 0.4) is 0 Å². The Hall–Kier alpha value is -5.16. The minimum absolute atomic E-state index is 0.0295. The van der Waals surface area contributed by atoms with Crippen LogP contribution >= 0.6 is 0 Å². The van der Waals surface area contributed by atoms with Crippen molar-refractivity contribution >= 4 is 11.9 Å². The first-order valence-corrected chi connectivity index (χ1v) is 14.7. The van der Waals surface area contributed by atoms with Crippen molar-refractivity contribution in [2.45, 2.75) is 38.4 Å². The second-order valence-electron chi connectivity index (χ2n) is 11.4. The van der Waals surface area contributed by atoms with E-state index in [1.807, 2.05) is 25.1 Å². The highest BCUT2D eigenvalue weighted by Crippen LogP contribution is 2.32. The predicted molar refractivity (Wildman–Crippen MR) is 164 cm³/mol. The van der Waals surface area contributed by atoms with Crippen LogP contribution in [0.15, 0.2) is 65.6 Å². The molecule has 1 N–H and O–H groups in total. The number of aromatic nitrogens is 4. The predicted octanol–water partition coefficient (Wildman–Crippen LogP) is 4.19. The third kappa shape index (κ3) is 6.59. The van der Waals surface area contributed by atoms with Gasteiger partial charge in [-0.15, -0.1) is 0 Å². The SMILES string of the molecule is Cc1c(-c2ccnn2-c2ccc(C#N)cc2)n(C(=O)NC2CCN(C(=O)CCN(C)C)CC2)c(=O)n1-c1cccc(C(F)(F)F)c1. The minimum atomic E-state index is -4.65. The summed E-state index contributed by atoms with van der Waals surface area (Å²) in [6.45, 7) is 3.06. The van der Waals surface area contributed by atoms with Gasteiger partial charge in [-0.05, 0) is 82.4 Å². The minimum Gasteiger partial charge on any atom is -0.343 e. The third-order valence-corrected chi connectivity index (χ3v) is 7.99. The van der Waals surface area contributed by atoms with E-state index in [4.69, 9.17) is 0 Å². The molecular formula is C32H33F3N8O3. The molecule has 1 fully saturated rings. The van der Waals surface area contributed by atoms with Gasteiger partial charge in [-0.25, -0.2) is 18.8 Å². The molecule has 1 aliphatic heterocycles. The number of alkyl halides is 3. The smallest absolute Gasteiger partial charge is 0.343 e. The van der Waals surface area contributed by atoms with Gasteiger partial charge in [0.05, 0.1) is 46.2 Å². The Balaban J connectivity index is 1.53. The topological polar surface area (TPSA) is 121 Å². The summed E-state index contributed by atoms with van der Waals surface area (Å²) in [7, 11) is 3.79. The Morgan fingerprint density at radius 2 is 1.76 bits per heavy atom. The number of imidazole rings is 1. The summed E-state index contributed by atoms with van der Waals surface area (Å²) in [5, 5.41) is 16.5. The summed E-state index contributed by atoms with van der Waals surface area (Å²) in [6, 6.07) is 13.4. The van der Waals surface area contributed by atoms with Gasteiger partial charge in [0.15, 0.2) is 0 Å². The number of carbonyl (C=O) groups excluding carboxylic acids is 2. The number of carbonyl (C=O) groups is 2. The molecule has 1 aliphatic rings. The molecule has 46 heavy (non-hydrogen) atoms. The van der Waals surface area contributed by atoms with Gasteiger partial charge in [-0.1, -0.05) is 6.07 Å². The zero-order chi connectivity index (χ0) is 33.2. The summed E-state index contributed by atoms with van der Waals surface area (Å²) in [5.41, 5.74) is -0.199. The van der Waals surface area contributed by atoms with Crippen LogP contribution in [-0.4, -0.2) is 80.4 Å². The largest absolute Gasteiger partial charge is 0.416 e. The van der Waals surface area contributed by atoms with Crippen molar-refractivity contribution < 1.29 is 22.8 Å². The van der Waals surface area contributed by atoms with E-state index in [-0.39, 0.29) is 29.0 Å². The molecule has 240 valence electrons. The van der Waals surface area contributed by atoms with E-state index >= 15 is 0 Å². The molecule has 0 radical (unpaired) electrons. The number of rotatable bonds is 7. The average molecular weight is 635 g/mol. The number of piperidine rings is 1. The maximum atomic E-state index is 14.0. The molecule has 3 heterocycles. The molecule has 11 nitrogen and oxygen atoms in total. The summed E-state index contributed by atoms with van der Waals surface area (Å²) in [5.74, 6) is 0.0295. The van der Waals surface area contributed by atoms with Gasteiger partial charge in [0.2, 0.25) is 5.91 Å². The van der Waals surface area contributed by atoms with Crippen LogP contribution in [0.4, 0.5) is 18.0 Å². The van der Waals surface area contributed by atoms with Gasteiger partial charge in [-0.3, -0.25) is 9.36 Å². The first kappa shape index (κ1) is 32.2. The van der Waals surface area contributed by atoms with Crippen molar-refractivity contribution in [3.63, 3.8) is 0 Å². The van der Waals surface area contributed by atoms with Crippen LogP contribution in [0.2, 0.25) is 0 Å². The highest BCUT2D eigenvalue weighted by molar-refractivity contribution is 5.83. The van der Waals surface area contributed by atoms with Crippen molar-refractivity contribution in [3.05, 3.63) is 88.1 Å². The number of amides is 2. The van der Waals surface area contributed by atoms with Crippen molar-refractivity contribution in [2.24, 2.45) is 0 Å². The summed E-state index contributed by atoms with van der Waals surface area (Å²) < 4.78 is 44.3. The highest BCUT2D eigenvalue weighted by Gasteiger charge is 2.33. The Kier molecular flexibility index (Phi) is 9.15. The van der Waals surface area contributed by atoms with E-state index in [1.165, 1.54) is 23.0 Å². The van der Waals surface area contributed by atoms with Gasteiger partial charge < -0.3 is 15.1 Å². The van der Waals surface area contributed by atoms with Crippen molar-refractivity contribution in [2.75, 3.05) is 33.7 Å². The molecule has 5 rings (SSSR count).